The Labute approximate surface area is 175 Å². The molecular weight excluding hydrogens is 378 g/mol. The molecule has 6 nitrogen and oxygen atoms in total. The largest absolute Gasteiger partial charge is 0.465 e. The molecule has 0 amide bonds. The number of hydrogen-bond acceptors (Lipinski definition) is 5. The molecule has 1 heterocycles. The summed E-state index contributed by atoms with van der Waals surface area (Å²) in [6.45, 7) is 3.69. The number of H-pyrrole nitrogens is 1. The fourth-order valence-electron chi connectivity index (χ4n) is 4.37. The summed E-state index contributed by atoms with van der Waals surface area (Å²) < 4.78 is 4.79. The van der Waals surface area contributed by atoms with Crippen LogP contribution in [0.3, 0.4) is 0 Å². The van der Waals surface area contributed by atoms with Crippen molar-refractivity contribution in [2.24, 2.45) is 0 Å². The number of aryl methyl sites for hydroxylation is 1. The monoisotopic (exact) mass is 405 g/mol. The molecule has 1 aromatic heterocycles. The Morgan fingerprint density at radius 2 is 2.03 bits per heavy atom. The number of fused-ring (bicyclic) bond motifs is 2. The Morgan fingerprint density at radius 3 is 2.80 bits per heavy atom. The third-order valence-electron chi connectivity index (χ3n) is 5.88. The molecule has 0 spiro atoms. The maximum atomic E-state index is 12.6. The summed E-state index contributed by atoms with van der Waals surface area (Å²) in [5, 5.41) is 0.472. The van der Waals surface area contributed by atoms with Crippen molar-refractivity contribution in [2.75, 3.05) is 13.7 Å². The lowest BCUT2D eigenvalue weighted by molar-refractivity contribution is 0.0601. The van der Waals surface area contributed by atoms with Crippen molar-refractivity contribution in [2.45, 2.75) is 45.2 Å². The van der Waals surface area contributed by atoms with Crippen molar-refractivity contribution in [1.29, 1.82) is 0 Å². The summed E-state index contributed by atoms with van der Waals surface area (Å²) in [6, 6.07) is 13.9. The maximum absolute atomic E-state index is 12.6. The maximum Gasteiger partial charge on any atom is 0.337 e. The molecule has 0 saturated carbocycles. The van der Waals surface area contributed by atoms with Crippen LogP contribution in [0.5, 0.6) is 0 Å². The van der Waals surface area contributed by atoms with Gasteiger partial charge in [0, 0.05) is 6.04 Å². The van der Waals surface area contributed by atoms with E-state index in [2.05, 4.69) is 46.1 Å². The smallest absolute Gasteiger partial charge is 0.337 e. The lowest BCUT2D eigenvalue weighted by Gasteiger charge is -2.34. The quantitative estimate of drug-likeness (QED) is 0.636. The van der Waals surface area contributed by atoms with Crippen molar-refractivity contribution in [3.05, 3.63) is 75.3 Å². The van der Waals surface area contributed by atoms with Crippen molar-refractivity contribution in [3.63, 3.8) is 0 Å². The zero-order valence-corrected chi connectivity index (χ0v) is 17.5. The Hall–Kier alpha value is -2.99. The van der Waals surface area contributed by atoms with Crippen LogP contribution in [0.15, 0.2) is 47.3 Å². The number of aromatic nitrogens is 2. The van der Waals surface area contributed by atoms with E-state index in [4.69, 9.17) is 4.74 Å². The summed E-state index contributed by atoms with van der Waals surface area (Å²) in [5.74, 6) is 0.191. The average molecular weight is 405 g/mol. The van der Waals surface area contributed by atoms with E-state index in [1.165, 1.54) is 18.2 Å². The van der Waals surface area contributed by atoms with E-state index in [-0.39, 0.29) is 5.56 Å². The van der Waals surface area contributed by atoms with Crippen LogP contribution in [-0.2, 0) is 24.1 Å². The highest BCUT2D eigenvalue weighted by Crippen LogP contribution is 2.25. The number of ether oxygens (including phenoxy) is 1. The Balaban J connectivity index is 1.62. The molecule has 1 aliphatic carbocycles. The third kappa shape index (κ3) is 4.14. The molecule has 0 aliphatic heterocycles. The topological polar surface area (TPSA) is 75.3 Å². The number of aromatic amines is 1. The zero-order valence-electron chi connectivity index (χ0n) is 17.5. The second-order valence-corrected chi connectivity index (χ2v) is 7.87. The standard InChI is InChI=1S/C24H27N3O3/c1-3-12-27(19-10-8-16-6-4-5-7-17(16)13-19)15-22-25-21-14-18(24(29)30-2)9-11-20(21)23(28)26-22/h4-7,9,11,14,19H,3,8,10,12-13,15H2,1-2H3,(H,25,26,28). The molecule has 0 fully saturated rings. The number of carbonyl (C=O) groups is 1. The summed E-state index contributed by atoms with van der Waals surface area (Å²) in [6.07, 6.45) is 4.22. The van der Waals surface area contributed by atoms with Gasteiger partial charge >= 0.3 is 5.97 Å². The van der Waals surface area contributed by atoms with E-state index in [0.29, 0.717) is 34.9 Å². The van der Waals surface area contributed by atoms with Gasteiger partial charge in [-0.25, -0.2) is 9.78 Å². The van der Waals surface area contributed by atoms with Crippen LogP contribution < -0.4 is 5.56 Å². The van der Waals surface area contributed by atoms with Gasteiger partial charge in [-0.2, -0.15) is 0 Å². The van der Waals surface area contributed by atoms with Gasteiger partial charge in [-0.15, -0.1) is 0 Å². The lowest BCUT2D eigenvalue weighted by atomic mass is 9.87. The van der Waals surface area contributed by atoms with Gasteiger partial charge in [0.1, 0.15) is 5.82 Å². The molecule has 30 heavy (non-hydrogen) atoms. The molecular formula is C24H27N3O3. The van der Waals surface area contributed by atoms with Gasteiger partial charge in [0.15, 0.2) is 0 Å². The summed E-state index contributed by atoms with van der Waals surface area (Å²) in [5.41, 5.74) is 3.58. The first-order valence-electron chi connectivity index (χ1n) is 10.5. The first-order valence-corrected chi connectivity index (χ1v) is 10.5. The molecule has 1 unspecified atom stereocenters. The van der Waals surface area contributed by atoms with Crippen molar-refractivity contribution >= 4 is 16.9 Å². The normalized spacial score (nSPS) is 15.9. The molecule has 4 rings (SSSR count). The molecule has 156 valence electrons. The van der Waals surface area contributed by atoms with E-state index in [1.807, 2.05) is 0 Å². The second kappa shape index (κ2) is 8.79. The number of methoxy groups -OCH3 is 1. The van der Waals surface area contributed by atoms with Gasteiger partial charge in [0.2, 0.25) is 0 Å². The van der Waals surface area contributed by atoms with E-state index in [9.17, 15) is 9.59 Å². The van der Waals surface area contributed by atoms with Crippen LogP contribution in [-0.4, -0.2) is 40.5 Å². The zero-order chi connectivity index (χ0) is 21.1. The van der Waals surface area contributed by atoms with Crippen molar-refractivity contribution < 1.29 is 9.53 Å². The van der Waals surface area contributed by atoms with Gasteiger partial charge in [0.25, 0.3) is 5.56 Å². The van der Waals surface area contributed by atoms with E-state index in [1.54, 1.807) is 18.2 Å². The summed E-state index contributed by atoms with van der Waals surface area (Å²) in [7, 11) is 1.34. The van der Waals surface area contributed by atoms with Crippen LogP contribution in [0.2, 0.25) is 0 Å². The van der Waals surface area contributed by atoms with Gasteiger partial charge in [-0.3, -0.25) is 9.69 Å². The van der Waals surface area contributed by atoms with Crippen LogP contribution in [0.1, 0.15) is 47.1 Å². The fourth-order valence-corrected chi connectivity index (χ4v) is 4.37. The number of rotatable bonds is 6. The minimum absolute atomic E-state index is 0.183. The minimum Gasteiger partial charge on any atom is -0.465 e. The van der Waals surface area contributed by atoms with Crippen LogP contribution in [0.25, 0.3) is 10.9 Å². The van der Waals surface area contributed by atoms with Crippen molar-refractivity contribution in [3.8, 4) is 0 Å². The fraction of sp³-hybridized carbons (Fsp3) is 0.375. The van der Waals surface area contributed by atoms with Crippen LogP contribution in [0, 0.1) is 0 Å². The number of nitrogens with one attached hydrogen (secondary N) is 1. The van der Waals surface area contributed by atoms with Crippen LogP contribution in [0.4, 0.5) is 0 Å². The number of carbonyl (C=O) groups excluding carboxylic acids is 1. The highest BCUT2D eigenvalue weighted by molar-refractivity contribution is 5.93. The van der Waals surface area contributed by atoms with Gasteiger partial charge in [0.05, 0.1) is 30.1 Å². The molecule has 0 bridgehead atoms. The predicted octanol–water partition coefficient (Wildman–Crippen LogP) is 3.48. The molecule has 2 aromatic carbocycles. The van der Waals surface area contributed by atoms with Gasteiger partial charge in [-0.1, -0.05) is 31.2 Å². The Kier molecular flexibility index (Phi) is 5.95. The number of benzene rings is 2. The number of hydrogen-bond donors (Lipinski definition) is 1. The third-order valence-corrected chi connectivity index (χ3v) is 5.88. The molecule has 1 aliphatic rings. The highest BCUT2D eigenvalue weighted by Gasteiger charge is 2.24. The van der Waals surface area contributed by atoms with Crippen LogP contribution >= 0.6 is 0 Å². The first kappa shape index (κ1) is 20.3. The number of esters is 1. The Morgan fingerprint density at radius 1 is 1.23 bits per heavy atom. The molecule has 1 atom stereocenters. The predicted molar refractivity (Wildman–Crippen MR) is 117 cm³/mol. The molecule has 3 aromatic rings. The van der Waals surface area contributed by atoms with Crippen molar-refractivity contribution in [1.82, 2.24) is 14.9 Å². The lowest BCUT2D eigenvalue weighted by Crippen LogP contribution is -2.40. The average Bonchev–Trinajstić information content (AvgIpc) is 2.77. The SMILES string of the molecule is CCCN(Cc1nc2cc(C(=O)OC)ccc2c(=O)[nH]1)C1CCc2ccccc2C1. The molecule has 6 heteroatoms. The summed E-state index contributed by atoms with van der Waals surface area (Å²) >= 11 is 0. The number of nitrogens with zero attached hydrogens (tertiary/aromatic N) is 2. The van der Waals surface area contributed by atoms with E-state index < -0.39 is 5.97 Å². The van der Waals surface area contributed by atoms with E-state index in [0.717, 1.165) is 32.2 Å². The molecule has 1 N–H and O–H groups in total. The highest BCUT2D eigenvalue weighted by atomic mass is 16.5. The molecule has 0 radical (unpaired) electrons. The van der Waals surface area contributed by atoms with E-state index >= 15 is 0 Å². The van der Waals surface area contributed by atoms with Gasteiger partial charge < -0.3 is 9.72 Å². The minimum atomic E-state index is -0.436. The van der Waals surface area contributed by atoms with Gasteiger partial charge in [-0.05, 0) is 61.6 Å². The molecule has 0 saturated heterocycles. The first-order chi connectivity index (χ1) is 14.6. The second-order valence-electron chi connectivity index (χ2n) is 7.87. The summed E-state index contributed by atoms with van der Waals surface area (Å²) in [4.78, 5) is 34.5. The Bertz CT molecular complexity index is 1120.